The molecule has 0 saturated carbocycles. The zero-order valence-corrected chi connectivity index (χ0v) is 43.0. The molecule has 2 aliphatic rings. The lowest BCUT2D eigenvalue weighted by atomic mass is 9.81. The van der Waals surface area contributed by atoms with E-state index < -0.39 is 0 Å². The molecule has 11 rings (SSSR count). The molecule has 342 valence electrons. The SMILES string of the molecule is Cc1ccc(N(c2ccccc2)c2c(C)cc(C(C)(C)C)cc2C)cc1.Cc1ccc2c(c1)C(C)(C)c1cc(C)c3ccccc3c1-2.Cc1ccc2c(c1)C(C)(C)c1cc(C)c3ccccc3c1-2. The summed E-state index contributed by atoms with van der Waals surface area (Å²) in [6.45, 7) is 31.6. The summed E-state index contributed by atoms with van der Waals surface area (Å²) in [6, 6.07) is 60.3. The van der Waals surface area contributed by atoms with Crippen molar-refractivity contribution in [2.75, 3.05) is 4.90 Å². The van der Waals surface area contributed by atoms with E-state index in [2.05, 4.69) is 266 Å². The van der Waals surface area contributed by atoms with Gasteiger partial charge in [0.05, 0.1) is 5.69 Å². The van der Waals surface area contributed by atoms with Gasteiger partial charge in [-0.1, -0.05) is 205 Å². The van der Waals surface area contributed by atoms with E-state index in [0.29, 0.717) is 0 Å². The highest BCUT2D eigenvalue weighted by Gasteiger charge is 2.38. The molecule has 1 nitrogen and oxygen atoms in total. The van der Waals surface area contributed by atoms with Crippen molar-refractivity contribution >= 4 is 38.6 Å². The first-order chi connectivity index (χ1) is 32.3. The summed E-state index contributed by atoms with van der Waals surface area (Å²) in [7, 11) is 0. The van der Waals surface area contributed by atoms with E-state index in [1.54, 1.807) is 0 Å². The highest BCUT2D eigenvalue weighted by molar-refractivity contribution is 6.05. The summed E-state index contributed by atoms with van der Waals surface area (Å²) in [6.07, 6.45) is 0. The van der Waals surface area contributed by atoms with Crippen molar-refractivity contribution in [3.63, 3.8) is 0 Å². The summed E-state index contributed by atoms with van der Waals surface area (Å²) in [5.41, 5.74) is 26.3. The molecular formula is C67H69N. The third-order valence-corrected chi connectivity index (χ3v) is 15.0. The summed E-state index contributed by atoms with van der Waals surface area (Å²) >= 11 is 0. The fourth-order valence-electron chi connectivity index (χ4n) is 11.2. The monoisotopic (exact) mass is 888 g/mol. The van der Waals surface area contributed by atoms with Gasteiger partial charge in [-0.15, -0.1) is 0 Å². The number of hydrogen-bond acceptors (Lipinski definition) is 1. The molecule has 0 atom stereocenters. The van der Waals surface area contributed by atoms with Crippen LogP contribution in [0.2, 0.25) is 0 Å². The Morgan fingerprint density at radius 2 is 0.735 bits per heavy atom. The Hall–Kier alpha value is -6.70. The molecule has 0 radical (unpaired) electrons. The molecule has 0 aliphatic heterocycles. The van der Waals surface area contributed by atoms with Gasteiger partial charge in [-0.25, -0.2) is 0 Å². The first kappa shape index (κ1) is 46.4. The molecular weight excluding hydrogens is 819 g/mol. The third kappa shape index (κ3) is 8.15. The van der Waals surface area contributed by atoms with Crippen LogP contribution in [0.15, 0.2) is 164 Å². The number of nitrogens with zero attached hydrogens (tertiary/aromatic N) is 1. The lowest BCUT2D eigenvalue weighted by Crippen LogP contribution is -2.16. The van der Waals surface area contributed by atoms with Gasteiger partial charge in [-0.05, 0) is 172 Å². The predicted molar refractivity (Wildman–Crippen MR) is 296 cm³/mol. The van der Waals surface area contributed by atoms with Crippen molar-refractivity contribution in [1.29, 1.82) is 0 Å². The minimum atomic E-state index is 0.0888. The van der Waals surface area contributed by atoms with Crippen molar-refractivity contribution in [3.05, 3.63) is 231 Å². The third-order valence-electron chi connectivity index (χ3n) is 15.0. The van der Waals surface area contributed by atoms with Gasteiger partial charge in [-0.2, -0.15) is 0 Å². The molecule has 0 spiro atoms. The molecule has 9 aromatic rings. The van der Waals surface area contributed by atoms with E-state index in [0.717, 1.165) is 0 Å². The average Bonchev–Trinajstić information content (AvgIpc) is 3.66. The van der Waals surface area contributed by atoms with E-state index in [4.69, 9.17) is 0 Å². The van der Waals surface area contributed by atoms with Crippen LogP contribution in [0.25, 0.3) is 43.8 Å². The topological polar surface area (TPSA) is 3.24 Å². The molecule has 68 heavy (non-hydrogen) atoms. The Labute approximate surface area is 407 Å². The molecule has 0 unspecified atom stereocenters. The van der Waals surface area contributed by atoms with Gasteiger partial charge in [0.25, 0.3) is 0 Å². The van der Waals surface area contributed by atoms with E-state index in [-0.39, 0.29) is 16.2 Å². The van der Waals surface area contributed by atoms with Crippen LogP contribution in [0.3, 0.4) is 0 Å². The first-order valence-corrected chi connectivity index (χ1v) is 24.6. The average molecular weight is 888 g/mol. The van der Waals surface area contributed by atoms with Gasteiger partial charge in [0.1, 0.15) is 0 Å². The smallest absolute Gasteiger partial charge is 0.0520 e. The van der Waals surface area contributed by atoms with E-state index in [9.17, 15) is 0 Å². The highest BCUT2D eigenvalue weighted by Crippen LogP contribution is 2.53. The second-order valence-electron chi connectivity index (χ2n) is 21.9. The number of para-hydroxylation sites is 1. The number of aryl methyl sites for hydroxylation is 7. The van der Waals surface area contributed by atoms with Crippen molar-refractivity contribution in [2.24, 2.45) is 0 Å². The van der Waals surface area contributed by atoms with Crippen molar-refractivity contribution in [2.45, 2.75) is 113 Å². The van der Waals surface area contributed by atoms with Crippen LogP contribution in [0.4, 0.5) is 17.1 Å². The quantitative estimate of drug-likeness (QED) is 0.171. The lowest BCUT2D eigenvalue weighted by molar-refractivity contribution is 0.589. The van der Waals surface area contributed by atoms with Gasteiger partial charge >= 0.3 is 0 Å². The maximum Gasteiger partial charge on any atom is 0.0520 e. The number of benzene rings is 9. The van der Waals surface area contributed by atoms with Crippen LogP contribution in [0, 0.1) is 48.5 Å². The van der Waals surface area contributed by atoms with Gasteiger partial charge < -0.3 is 4.90 Å². The second kappa shape index (κ2) is 17.4. The highest BCUT2D eigenvalue weighted by atomic mass is 15.1. The predicted octanol–water partition coefficient (Wildman–Crippen LogP) is 18.9. The fraction of sp³-hybridized carbons (Fsp3) is 0.254. The Bertz CT molecular complexity index is 3200. The Balaban J connectivity index is 0.000000128. The normalized spacial score (nSPS) is 13.7. The van der Waals surface area contributed by atoms with E-state index in [1.807, 2.05) is 0 Å². The summed E-state index contributed by atoms with van der Waals surface area (Å²) in [5, 5.41) is 5.53. The van der Waals surface area contributed by atoms with Crippen LogP contribution in [-0.4, -0.2) is 0 Å². The van der Waals surface area contributed by atoms with Crippen LogP contribution in [0.5, 0.6) is 0 Å². The Kier molecular flexibility index (Phi) is 11.9. The molecule has 0 fully saturated rings. The van der Waals surface area contributed by atoms with Crippen LogP contribution >= 0.6 is 0 Å². The molecule has 1 heteroatoms. The number of anilines is 3. The van der Waals surface area contributed by atoms with E-state index >= 15 is 0 Å². The number of hydrogen-bond donors (Lipinski definition) is 0. The van der Waals surface area contributed by atoms with Crippen LogP contribution in [-0.2, 0) is 16.2 Å². The molecule has 0 N–H and O–H groups in total. The molecule has 0 saturated heterocycles. The molecule has 0 heterocycles. The van der Waals surface area contributed by atoms with Crippen molar-refractivity contribution in [1.82, 2.24) is 0 Å². The minimum absolute atomic E-state index is 0.0888. The van der Waals surface area contributed by atoms with Crippen molar-refractivity contribution in [3.8, 4) is 22.3 Å². The summed E-state index contributed by atoms with van der Waals surface area (Å²) in [5.74, 6) is 0. The standard InChI is InChI=1S/C25H29N.2C21H20/c1-18-12-14-23(15-13-18)26(22-10-8-7-9-11-22)24-19(2)16-21(17-20(24)3)25(4,5)6;2*1-13-9-10-17-18(11-13)21(3,4)19-12-14(2)15-7-5-6-8-16(15)20(17)19/h7-17H,1-6H3;2*5-12H,1-4H3. The van der Waals surface area contributed by atoms with Crippen molar-refractivity contribution < 1.29 is 0 Å². The molecule has 0 bridgehead atoms. The zero-order valence-electron chi connectivity index (χ0n) is 43.0. The zero-order chi connectivity index (χ0) is 48.4. The van der Waals surface area contributed by atoms with Gasteiger partial charge in [0.2, 0.25) is 0 Å². The Morgan fingerprint density at radius 3 is 1.16 bits per heavy atom. The first-order valence-electron chi connectivity index (χ1n) is 24.6. The minimum Gasteiger partial charge on any atom is -0.310 e. The summed E-state index contributed by atoms with van der Waals surface area (Å²) < 4.78 is 0. The molecule has 9 aromatic carbocycles. The van der Waals surface area contributed by atoms with Crippen LogP contribution in [0.1, 0.15) is 115 Å². The van der Waals surface area contributed by atoms with Gasteiger partial charge in [0, 0.05) is 22.2 Å². The molecule has 0 amide bonds. The molecule has 2 aliphatic carbocycles. The molecule has 0 aromatic heterocycles. The maximum atomic E-state index is 2.40. The summed E-state index contributed by atoms with van der Waals surface area (Å²) in [4.78, 5) is 2.37. The van der Waals surface area contributed by atoms with Gasteiger partial charge in [-0.3, -0.25) is 0 Å². The maximum absolute atomic E-state index is 2.40. The van der Waals surface area contributed by atoms with Gasteiger partial charge in [0.15, 0.2) is 0 Å². The van der Waals surface area contributed by atoms with E-state index in [1.165, 1.54) is 128 Å². The van der Waals surface area contributed by atoms with Crippen LogP contribution < -0.4 is 4.90 Å². The Morgan fingerprint density at radius 1 is 0.353 bits per heavy atom. The second-order valence-corrected chi connectivity index (χ2v) is 21.9. The number of rotatable bonds is 3. The lowest BCUT2D eigenvalue weighted by Gasteiger charge is -2.30. The number of fused-ring (bicyclic) bond motifs is 10. The largest absolute Gasteiger partial charge is 0.310 e. The fourth-order valence-corrected chi connectivity index (χ4v) is 11.2.